The highest BCUT2D eigenvalue weighted by molar-refractivity contribution is 5.74. The fourth-order valence-electron chi connectivity index (χ4n) is 2.90. The minimum Gasteiger partial charge on any atom is -0.423 e. The van der Waals surface area contributed by atoms with E-state index in [1.165, 1.54) is 0 Å². The molecule has 7 nitrogen and oxygen atoms in total. The van der Waals surface area contributed by atoms with Crippen molar-refractivity contribution >= 4 is 17.1 Å². The molecule has 1 aliphatic rings. The molecule has 0 saturated carbocycles. The number of piperazine rings is 1. The lowest BCUT2D eigenvalue weighted by molar-refractivity contribution is 0.218. The van der Waals surface area contributed by atoms with Crippen LogP contribution in [0.3, 0.4) is 0 Å². The Balaban J connectivity index is 1.37. The summed E-state index contributed by atoms with van der Waals surface area (Å²) in [6, 6.07) is 8.56. The van der Waals surface area contributed by atoms with Gasteiger partial charge in [0.25, 0.3) is 6.01 Å². The second-order valence-corrected chi connectivity index (χ2v) is 7.48. The Labute approximate surface area is 146 Å². The quantitative estimate of drug-likeness (QED) is 0.725. The van der Waals surface area contributed by atoms with Crippen LogP contribution in [-0.2, 0) is 12.0 Å². The van der Waals surface area contributed by atoms with Crippen molar-refractivity contribution in [2.45, 2.75) is 32.7 Å². The maximum absolute atomic E-state index is 5.86. The average molecular weight is 341 g/mol. The molecular formula is C18H23N5O2. The third-order valence-corrected chi connectivity index (χ3v) is 4.39. The molecule has 7 heteroatoms. The van der Waals surface area contributed by atoms with Gasteiger partial charge in [0.05, 0.1) is 6.54 Å². The van der Waals surface area contributed by atoms with Crippen molar-refractivity contribution in [3.05, 3.63) is 36.0 Å². The number of hydrogen-bond donors (Lipinski definition) is 0. The second kappa shape index (κ2) is 6.15. The summed E-state index contributed by atoms with van der Waals surface area (Å²) in [4.78, 5) is 9.08. The standard InChI is InChI=1S/C18H23N5O2/c1-18(2,3)16-21-20-15(25-16)12-22-8-10-23(11-9-22)17-19-13-6-4-5-7-14(13)24-17/h4-7H,8-12H2,1-3H3. The van der Waals surface area contributed by atoms with E-state index < -0.39 is 0 Å². The monoisotopic (exact) mass is 341 g/mol. The molecule has 1 aromatic carbocycles. The Bertz CT molecular complexity index is 823. The molecule has 1 aliphatic heterocycles. The van der Waals surface area contributed by atoms with Crippen molar-refractivity contribution in [1.29, 1.82) is 0 Å². The Morgan fingerprint density at radius 3 is 2.44 bits per heavy atom. The van der Waals surface area contributed by atoms with Crippen LogP contribution in [0.25, 0.3) is 11.1 Å². The van der Waals surface area contributed by atoms with Gasteiger partial charge in [-0.05, 0) is 12.1 Å². The fraction of sp³-hybridized carbons (Fsp3) is 0.500. The van der Waals surface area contributed by atoms with Gasteiger partial charge in [-0.25, -0.2) is 0 Å². The maximum Gasteiger partial charge on any atom is 0.298 e. The highest BCUT2D eigenvalue weighted by atomic mass is 16.4. The largest absolute Gasteiger partial charge is 0.423 e. The maximum atomic E-state index is 5.86. The molecule has 3 aromatic rings. The third-order valence-electron chi connectivity index (χ3n) is 4.39. The number of hydrogen-bond acceptors (Lipinski definition) is 7. The molecule has 1 saturated heterocycles. The molecule has 0 unspecified atom stereocenters. The van der Waals surface area contributed by atoms with Gasteiger partial charge in [-0.2, -0.15) is 4.98 Å². The first-order chi connectivity index (χ1) is 12.0. The Hall–Kier alpha value is -2.41. The van der Waals surface area contributed by atoms with Crippen LogP contribution < -0.4 is 4.90 Å². The predicted molar refractivity (Wildman–Crippen MR) is 94.5 cm³/mol. The summed E-state index contributed by atoms with van der Waals surface area (Å²) in [5.41, 5.74) is 1.62. The summed E-state index contributed by atoms with van der Waals surface area (Å²) < 4.78 is 11.7. The molecule has 0 spiro atoms. The molecule has 1 fully saturated rings. The van der Waals surface area contributed by atoms with Crippen LogP contribution >= 0.6 is 0 Å². The molecule has 4 rings (SSSR count). The van der Waals surface area contributed by atoms with Gasteiger partial charge in [0.15, 0.2) is 5.58 Å². The molecular weight excluding hydrogens is 318 g/mol. The van der Waals surface area contributed by atoms with Crippen molar-refractivity contribution in [1.82, 2.24) is 20.1 Å². The predicted octanol–water partition coefficient (Wildman–Crippen LogP) is 2.83. The molecule has 132 valence electrons. The van der Waals surface area contributed by atoms with E-state index in [0.29, 0.717) is 24.3 Å². The molecule has 0 amide bonds. The minimum atomic E-state index is -0.114. The number of rotatable bonds is 3. The molecule has 0 atom stereocenters. The van der Waals surface area contributed by atoms with Gasteiger partial charge >= 0.3 is 0 Å². The van der Waals surface area contributed by atoms with E-state index in [1.54, 1.807) is 0 Å². The van der Waals surface area contributed by atoms with Crippen LogP contribution in [0.2, 0.25) is 0 Å². The summed E-state index contributed by atoms with van der Waals surface area (Å²) in [6.07, 6.45) is 0. The fourth-order valence-corrected chi connectivity index (χ4v) is 2.90. The molecule has 25 heavy (non-hydrogen) atoms. The number of nitrogens with zero attached hydrogens (tertiary/aromatic N) is 5. The lowest BCUT2D eigenvalue weighted by Crippen LogP contribution is -2.46. The van der Waals surface area contributed by atoms with Gasteiger partial charge in [-0.15, -0.1) is 10.2 Å². The number of benzene rings is 1. The number of para-hydroxylation sites is 2. The smallest absolute Gasteiger partial charge is 0.298 e. The van der Waals surface area contributed by atoms with Crippen molar-refractivity contribution in [2.75, 3.05) is 31.1 Å². The molecule has 0 N–H and O–H groups in total. The van der Waals surface area contributed by atoms with Crippen LogP contribution in [0.4, 0.5) is 6.01 Å². The molecule has 3 heterocycles. The molecule has 0 radical (unpaired) electrons. The van der Waals surface area contributed by atoms with E-state index in [4.69, 9.17) is 8.83 Å². The minimum absolute atomic E-state index is 0.114. The van der Waals surface area contributed by atoms with E-state index >= 15 is 0 Å². The summed E-state index contributed by atoms with van der Waals surface area (Å²) >= 11 is 0. The van der Waals surface area contributed by atoms with Gasteiger partial charge in [-0.1, -0.05) is 32.9 Å². The van der Waals surface area contributed by atoms with Crippen LogP contribution in [-0.4, -0.2) is 46.3 Å². The van der Waals surface area contributed by atoms with Gasteiger partial charge in [-0.3, -0.25) is 4.90 Å². The zero-order chi connectivity index (χ0) is 17.4. The Morgan fingerprint density at radius 1 is 1.00 bits per heavy atom. The molecule has 2 aromatic heterocycles. The van der Waals surface area contributed by atoms with Crippen LogP contribution in [0.15, 0.2) is 33.1 Å². The van der Waals surface area contributed by atoms with Crippen LogP contribution in [0.5, 0.6) is 0 Å². The first-order valence-corrected chi connectivity index (χ1v) is 8.65. The van der Waals surface area contributed by atoms with Gasteiger partial charge < -0.3 is 13.7 Å². The Kier molecular flexibility index (Phi) is 3.95. The number of aromatic nitrogens is 3. The SMILES string of the molecule is CC(C)(C)c1nnc(CN2CCN(c3nc4ccccc4o3)CC2)o1. The van der Waals surface area contributed by atoms with Crippen LogP contribution in [0.1, 0.15) is 32.6 Å². The van der Waals surface area contributed by atoms with Crippen molar-refractivity contribution in [3.8, 4) is 0 Å². The number of fused-ring (bicyclic) bond motifs is 1. The topological polar surface area (TPSA) is 71.4 Å². The van der Waals surface area contributed by atoms with Gasteiger partial charge in [0.1, 0.15) is 5.52 Å². The van der Waals surface area contributed by atoms with Crippen molar-refractivity contribution < 1.29 is 8.83 Å². The van der Waals surface area contributed by atoms with E-state index in [9.17, 15) is 0 Å². The summed E-state index contributed by atoms with van der Waals surface area (Å²) in [5, 5.41) is 8.34. The number of oxazole rings is 1. The first-order valence-electron chi connectivity index (χ1n) is 8.65. The lowest BCUT2D eigenvalue weighted by atomic mass is 9.97. The molecule has 0 aliphatic carbocycles. The van der Waals surface area contributed by atoms with Crippen molar-refractivity contribution in [3.63, 3.8) is 0 Å². The first kappa shape index (κ1) is 16.1. The zero-order valence-electron chi connectivity index (χ0n) is 14.9. The molecule has 0 bridgehead atoms. The highest BCUT2D eigenvalue weighted by Gasteiger charge is 2.25. The summed E-state index contributed by atoms with van der Waals surface area (Å²) in [6.45, 7) is 10.5. The average Bonchev–Trinajstić information content (AvgIpc) is 3.21. The second-order valence-electron chi connectivity index (χ2n) is 7.48. The normalized spacial score (nSPS) is 16.7. The zero-order valence-corrected chi connectivity index (χ0v) is 14.9. The van der Waals surface area contributed by atoms with E-state index in [1.807, 2.05) is 24.3 Å². The summed E-state index contributed by atoms with van der Waals surface area (Å²) in [5.74, 6) is 1.37. The third kappa shape index (κ3) is 3.37. The van der Waals surface area contributed by atoms with Gasteiger partial charge in [0, 0.05) is 31.6 Å². The highest BCUT2D eigenvalue weighted by Crippen LogP contribution is 2.23. The van der Waals surface area contributed by atoms with Crippen LogP contribution in [0, 0.1) is 0 Å². The van der Waals surface area contributed by atoms with Gasteiger partial charge in [0.2, 0.25) is 11.8 Å². The summed E-state index contributed by atoms with van der Waals surface area (Å²) in [7, 11) is 0. The van der Waals surface area contributed by atoms with E-state index in [0.717, 1.165) is 37.3 Å². The van der Waals surface area contributed by atoms with E-state index in [2.05, 4.69) is 45.8 Å². The Morgan fingerprint density at radius 2 is 1.76 bits per heavy atom. The lowest BCUT2D eigenvalue weighted by Gasteiger charge is -2.32. The van der Waals surface area contributed by atoms with Crippen molar-refractivity contribution in [2.24, 2.45) is 0 Å². The van der Waals surface area contributed by atoms with E-state index in [-0.39, 0.29) is 5.41 Å². The number of anilines is 1.